The van der Waals surface area contributed by atoms with Crippen LogP contribution in [0, 0.1) is 0 Å². The zero-order valence-corrected chi connectivity index (χ0v) is 13.2. The molecule has 7 nitrogen and oxygen atoms in total. The van der Waals surface area contributed by atoms with E-state index in [0.29, 0.717) is 11.4 Å². The third-order valence-corrected chi connectivity index (χ3v) is 4.08. The van der Waals surface area contributed by atoms with Gasteiger partial charge in [0.15, 0.2) is 0 Å². The first kappa shape index (κ1) is 15.3. The predicted molar refractivity (Wildman–Crippen MR) is 86.4 cm³/mol. The molecule has 0 spiro atoms. The lowest BCUT2D eigenvalue weighted by molar-refractivity contribution is 0.0950. The second-order valence-corrected chi connectivity index (χ2v) is 5.75. The standard InChI is InChI=1S/C14H10ClN5O2S/c15-10-3-8(4-18-13(10)22)12(21)19-5-9-7-23-14(20-9)11-6-16-1-2-17-11/h1-4,6-7H,5H2,(H,18,22)(H,19,21). The Morgan fingerprint density at radius 1 is 1.39 bits per heavy atom. The van der Waals surface area contributed by atoms with Gasteiger partial charge in [0.05, 0.1) is 24.0 Å². The van der Waals surface area contributed by atoms with Crippen LogP contribution >= 0.6 is 22.9 Å². The molecule has 0 atom stereocenters. The minimum atomic E-state index is -0.434. The number of nitrogens with zero attached hydrogens (tertiary/aromatic N) is 3. The summed E-state index contributed by atoms with van der Waals surface area (Å²) in [6, 6.07) is 1.32. The van der Waals surface area contributed by atoms with Crippen LogP contribution in [0.4, 0.5) is 0 Å². The number of aromatic nitrogens is 4. The van der Waals surface area contributed by atoms with E-state index in [2.05, 4.69) is 25.3 Å². The van der Waals surface area contributed by atoms with Gasteiger partial charge in [-0.3, -0.25) is 19.6 Å². The van der Waals surface area contributed by atoms with Crippen molar-refractivity contribution in [2.45, 2.75) is 6.54 Å². The molecule has 3 aromatic rings. The summed E-state index contributed by atoms with van der Waals surface area (Å²) in [6.07, 6.45) is 6.13. The van der Waals surface area contributed by atoms with Gasteiger partial charge in [0.2, 0.25) is 0 Å². The van der Waals surface area contributed by atoms with Crippen molar-refractivity contribution in [2.75, 3.05) is 0 Å². The van der Waals surface area contributed by atoms with Crippen molar-refractivity contribution < 1.29 is 4.79 Å². The molecular formula is C14H10ClN5O2S. The van der Waals surface area contributed by atoms with E-state index in [0.717, 1.165) is 5.01 Å². The molecule has 3 heterocycles. The van der Waals surface area contributed by atoms with Crippen molar-refractivity contribution in [1.29, 1.82) is 0 Å². The van der Waals surface area contributed by atoms with Crippen molar-refractivity contribution in [3.05, 3.63) is 62.9 Å². The zero-order valence-electron chi connectivity index (χ0n) is 11.6. The van der Waals surface area contributed by atoms with Gasteiger partial charge in [-0.15, -0.1) is 11.3 Å². The molecule has 0 aliphatic carbocycles. The number of amides is 1. The number of hydrogen-bond donors (Lipinski definition) is 2. The maximum absolute atomic E-state index is 12.0. The molecule has 0 unspecified atom stereocenters. The maximum Gasteiger partial charge on any atom is 0.266 e. The highest BCUT2D eigenvalue weighted by Crippen LogP contribution is 2.20. The predicted octanol–water partition coefficient (Wildman–Crippen LogP) is 1.87. The lowest BCUT2D eigenvalue weighted by Crippen LogP contribution is -2.24. The number of halogens is 1. The van der Waals surface area contributed by atoms with Crippen molar-refractivity contribution in [3.63, 3.8) is 0 Å². The number of aromatic amines is 1. The largest absolute Gasteiger partial charge is 0.346 e. The molecule has 0 bridgehead atoms. The zero-order chi connectivity index (χ0) is 16.2. The Hall–Kier alpha value is -2.58. The molecule has 0 saturated heterocycles. The van der Waals surface area contributed by atoms with Gasteiger partial charge in [-0.2, -0.15) is 0 Å². The Labute approximate surface area is 139 Å². The number of H-pyrrole nitrogens is 1. The van der Waals surface area contributed by atoms with Crippen LogP contribution in [0.2, 0.25) is 5.02 Å². The summed E-state index contributed by atoms with van der Waals surface area (Å²) in [4.78, 5) is 38.1. The summed E-state index contributed by atoms with van der Waals surface area (Å²) in [5.74, 6) is -0.350. The van der Waals surface area contributed by atoms with E-state index in [1.165, 1.54) is 23.6 Å². The van der Waals surface area contributed by atoms with Crippen molar-refractivity contribution in [2.24, 2.45) is 0 Å². The van der Waals surface area contributed by atoms with E-state index in [1.807, 2.05) is 5.38 Å². The van der Waals surface area contributed by atoms with Crippen LogP contribution in [0.5, 0.6) is 0 Å². The molecular weight excluding hydrogens is 338 g/mol. The summed E-state index contributed by atoms with van der Waals surface area (Å²) >= 11 is 7.12. The molecule has 0 aromatic carbocycles. The van der Waals surface area contributed by atoms with Crippen LogP contribution in [0.3, 0.4) is 0 Å². The Morgan fingerprint density at radius 2 is 2.26 bits per heavy atom. The van der Waals surface area contributed by atoms with Crippen LogP contribution in [0.25, 0.3) is 10.7 Å². The number of hydrogen-bond acceptors (Lipinski definition) is 6. The summed E-state index contributed by atoms with van der Waals surface area (Å²) < 4.78 is 0. The summed E-state index contributed by atoms with van der Waals surface area (Å²) in [5.41, 5.74) is 1.23. The minimum Gasteiger partial charge on any atom is -0.346 e. The number of carbonyl (C=O) groups excluding carboxylic acids is 1. The van der Waals surface area contributed by atoms with Crippen molar-refractivity contribution in [1.82, 2.24) is 25.3 Å². The monoisotopic (exact) mass is 347 g/mol. The van der Waals surface area contributed by atoms with Crippen LogP contribution in [-0.4, -0.2) is 25.8 Å². The highest BCUT2D eigenvalue weighted by Gasteiger charge is 2.10. The van der Waals surface area contributed by atoms with Crippen LogP contribution < -0.4 is 10.9 Å². The average Bonchev–Trinajstić information content (AvgIpc) is 3.05. The van der Waals surface area contributed by atoms with Crippen molar-refractivity contribution >= 4 is 28.8 Å². The second kappa shape index (κ2) is 6.67. The molecule has 9 heteroatoms. The van der Waals surface area contributed by atoms with E-state index >= 15 is 0 Å². The number of rotatable bonds is 4. The quantitative estimate of drug-likeness (QED) is 0.750. The van der Waals surface area contributed by atoms with Crippen LogP contribution in [0.1, 0.15) is 16.1 Å². The SMILES string of the molecule is O=C(NCc1csc(-c2cnccn2)n1)c1c[nH]c(=O)c(Cl)c1. The molecule has 0 radical (unpaired) electrons. The number of pyridine rings is 1. The number of nitrogens with one attached hydrogen (secondary N) is 2. The molecule has 3 rings (SSSR count). The third-order valence-electron chi connectivity index (χ3n) is 2.88. The average molecular weight is 348 g/mol. The first-order valence-electron chi connectivity index (χ1n) is 6.50. The molecule has 0 fully saturated rings. The molecule has 116 valence electrons. The molecule has 1 amide bonds. The summed E-state index contributed by atoms with van der Waals surface area (Å²) in [6.45, 7) is 0.256. The van der Waals surface area contributed by atoms with E-state index in [-0.39, 0.29) is 23.0 Å². The van der Waals surface area contributed by atoms with Gasteiger partial charge in [-0.1, -0.05) is 11.6 Å². The fourth-order valence-corrected chi connectivity index (χ4v) is 2.73. The molecule has 0 aliphatic rings. The van der Waals surface area contributed by atoms with Crippen molar-refractivity contribution in [3.8, 4) is 10.7 Å². The highest BCUT2D eigenvalue weighted by molar-refractivity contribution is 7.13. The Balaban J connectivity index is 1.66. The Kier molecular flexibility index (Phi) is 4.45. The van der Waals surface area contributed by atoms with E-state index < -0.39 is 5.56 Å². The van der Waals surface area contributed by atoms with Gasteiger partial charge in [-0.05, 0) is 6.07 Å². The van der Waals surface area contributed by atoms with E-state index in [1.54, 1.807) is 18.6 Å². The molecule has 2 N–H and O–H groups in total. The van der Waals surface area contributed by atoms with Gasteiger partial charge in [0.1, 0.15) is 15.7 Å². The van der Waals surface area contributed by atoms with Crippen LogP contribution in [-0.2, 0) is 6.54 Å². The summed E-state index contributed by atoms with van der Waals surface area (Å²) in [7, 11) is 0. The molecule has 3 aromatic heterocycles. The third kappa shape index (κ3) is 3.61. The second-order valence-electron chi connectivity index (χ2n) is 4.48. The fourth-order valence-electron chi connectivity index (χ4n) is 1.78. The normalized spacial score (nSPS) is 10.5. The maximum atomic E-state index is 12.0. The van der Waals surface area contributed by atoms with Gasteiger partial charge in [0, 0.05) is 24.0 Å². The van der Waals surface area contributed by atoms with Gasteiger partial charge >= 0.3 is 0 Å². The fraction of sp³-hybridized carbons (Fsp3) is 0.0714. The van der Waals surface area contributed by atoms with Crippen LogP contribution in [0.15, 0.2) is 41.0 Å². The molecule has 0 aliphatic heterocycles. The van der Waals surface area contributed by atoms with Gasteiger partial charge in [0.25, 0.3) is 11.5 Å². The smallest absolute Gasteiger partial charge is 0.266 e. The number of carbonyl (C=O) groups is 1. The summed E-state index contributed by atoms with van der Waals surface area (Å²) in [5, 5.41) is 5.25. The van der Waals surface area contributed by atoms with Gasteiger partial charge in [-0.25, -0.2) is 4.98 Å². The Bertz CT molecular complexity index is 893. The molecule has 0 saturated carbocycles. The topological polar surface area (TPSA) is 101 Å². The van der Waals surface area contributed by atoms with E-state index in [9.17, 15) is 9.59 Å². The minimum absolute atomic E-state index is 0.0313. The van der Waals surface area contributed by atoms with Gasteiger partial charge < -0.3 is 10.3 Å². The lowest BCUT2D eigenvalue weighted by atomic mass is 10.2. The first-order valence-corrected chi connectivity index (χ1v) is 7.76. The lowest BCUT2D eigenvalue weighted by Gasteiger charge is -2.03. The first-order chi connectivity index (χ1) is 11.1. The number of thiazole rings is 1. The Morgan fingerprint density at radius 3 is 3.00 bits per heavy atom. The van der Waals surface area contributed by atoms with E-state index in [4.69, 9.17) is 11.6 Å². The highest BCUT2D eigenvalue weighted by atomic mass is 35.5. The molecule has 23 heavy (non-hydrogen) atoms.